The molecule has 1 aliphatic rings. The van der Waals surface area contributed by atoms with Crippen LogP contribution in [0.5, 0.6) is 0 Å². The number of amides is 1. The Kier molecular flexibility index (Phi) is 5.69. The molecule has 1 unspecified atom stereocenters. The first-order chi connectivity index (χ1) is 10.5. The summed E-state index contributed by atoms with van der Waals surface area (Å²) >= 11 is 0. The van der Waals surface area contributed by atoms with Gasteiger partial charge in [-0.1, -0.05) is 30.3 Å². The zero-order valence-electron chi connectivity index (χ0n) is 11.7. The predicted molar refractivity (Wildman–Crippen MR) is 73.5 cm³/mol. The Balaban J connectivity index is 1.87. The van der Waals surface area contributed by atoms with Crippen molar-refractivity contribution in [3.63, 3.8) is 0 Å². The number of benzene rings is 1. The molecule has 1 saturated heterocycles. The van der Waals surface area contributed by atoms with Crippen molar-refractivity contribution in [3.05, 3.63) is 35.9 Å². The summed E-state index contributed by atoms with van der Waals surface area (Å²) in [6.45, 7) is -0.547. The number of hydrogen-bond acceptors (Lipinski definition) is 7. The van der Waals surface area contributed by atoms with Crippen LogP contribution in [0.25, 0.3) is 0 Å². The zero-order chi connectivity index (χ0) is 16.1. The molecule has 0 aliphatic carbocycles. The van der Waals surface area contributed by atoms with Crippen molar-refractivity contribution in [2.45, 2.75) is 37.3 Å². The Morgan fingerprint density at radius 3 is 2.50 bits per heavy atom. The van der Waals surface area contributed by atoms with Crippen LogP contribution in [0, 0.1) is 0 Å². The van der Waals surface area contributed by atoms with Gasteiger partial charge in [-0.15, -0.1) is 0 Å². The molecule has 1 fully saturated rings. The van der Waals surface area contributed by atoms with Crippen LogP contribution >= 0.6 is 0 Å². The van der Waals surface area contributed by atoms with E-state index < -0.39 is 43.3 Å². The van der Waals surface area contributed by atoms with Gasteiger partial charge in [-0.25, -0.2) is 4.79 Å². The van der Waals surface area contributed by atoms with Crippen molar-refractivity contribution in [2.75, 3.05) is 6.61 Å². The first kappa shape index (κ1) is 16.7. The van der Waals surface area contributed by atoms with Crippen molar-refractivity contribution in [1.82, 2.24) is 5.32 Å². The van der Waals surface area contributed by atoms with Gasteiger partial charge in [-0.2, -0.15) is 0 Å². The van der Waals surface area contributed by atoms with E-state index in [9.17, 15) is 20.1 Å². The van der Waals surface area contributed by atoms with Crippen LogP contribution in [0.3, 0.4) is 0 Å². The fourth-order valence-corrected chi connectivity index (χ4v) is 2.15. The van der Waals surface area contributed by atoms with E-state index >= 15 is 0 Å². The summed E-state index contributed by atoms with van der Waals surface area (Å²) in [5, 5.41) is 40.5. The normalized spacial score (nSPS) is 31.5. The van der Waals surface area contributed by atoms with Gasteiger partial charge < -0.3 is 35.2 Å². The van der Waals surface area contributed by atoms with Gasteiger partial charge in [0.25, 0.3) is 0 Å². The number of ether oxygens (including phenoxy) is 2. The Bertz CT molecular complexity index is 483. The lowest BCUT2D eigenvalue weighted by atomic mass is 9.97. The van der Waals surface area contributed by atoms with Gasteiger partial charge in [0, 0.05) is 0 Å². The number of nitrogens with one attached hydrogen (secondary N) is 1. The lowest BCUT2D eigenvalue weighted by Gasteiger charge is -2.39. The quantitative estimate of drug-likeness (QED) is 0.468. The summed E-state index contributed by atoms with van der Waals surface area (Å²) < 4.78 is 9.88. The summed E-state index contributed by atoms with van der Waals surface area (Å²) in [4.78, 5) is 11.7. The molecule has 1 aliphatic heterocycles. The second-order valence-electron chi connectivity index (χ2n) is 4.96. The van der Waals surface area contributed by atoms with Gasteiger partial charge >= 0.3 is 6.09 Å². The molecule has 1 heterocycles. The molecule has 5 atom stereocenters. The summed E-state index contributed by atoms with van der Waals surface area (Å²) in [5.41, 5.74) is 0.777. The fourth-order valence-electron chi connectivity index (χ4n) is 2.15. The summed E-state index contributed by atoms with van der Waals surface area (Å²) in [5.74, 6) is 0. The van der Waals surface area contributed by atoms with Gasteiger partial charge in [0.1, 0.15) is 31.0 Å². The van der Waals surface area contributed by atoms with Crippen molar-refractivity contribution < 1.29 is 34.7 Å². The van der Waals surface area contributed by atoms with E-state index in [1.165, 1.54) is 0 Å². The Labute approximate surface area is 126 Å². The lowest BCUT2D eigenvalue weighted by molar-refractivity contribution is -0.253. The van der Waals surface area contributed by atoms with Gasteiger partial charge in [0.05, 0.1) is 6.61 Å². The molecule has 1 aromatic carbocycles. The number of alkyl carbamates (subject to hydrolysis) is 1. The molecule has 0 saturated carbocycles. The summed E-state index contributed by atoms with van der Waals surface area (Å²) in [6.07, 6.45) is -6.49. The van der Waals surface area contributed by atoms with E-state index in [1.807, 2.05) is 6.07 Å². The minimum absolute atomic E-state index is 0.0221. The van der Waals surface area contributed by atoms with Crippen LogP contribution in [-0.4, -0.2) is 63.8 Å². The Morgan fingerprint density at radius 2 is 1.86 bits per heavy atom. The maximum Gasteiger partial charge on any atom is 0.407 e. The highest BCUT2D eigenvalue weighted by atomic mass is 16.6. The molecular formula is C14H19NO7. The molecule has 8 heteroatoms. The average Bonchev–Trinajstić information content (AvgIpc) is 2.54. The van der Waals surface area contributed by atoms with Crippen LogP contribution in [0.2, 0.25) is 0 Å². The number of aliphatic hydroxyl groups excluding tert-OH is 4. The Hall–Kier alpha value is -1.71. The van der Waals surface area contributed by atoms with Crippen LogP contribution < -0.4 is 5.32 Å². The highest BCUT2D eigenvalue weighted by Gasteiger charge is 2.44. The van der Waals surface area contributed by atoms with Crippen molar-refractivity contribution in [1.29, 1.82) is 0 Å². The molecule has 1 aromatic rings. The van der Waals surface area contributed by atoms with Gasteiger partial charge in [-0.3, -0.25) is 0 Å². The van der Waals surface area contributed by atoms with E-state index in [2.05, 4.69) is 5.32 Å². The number of aliphatic hydroxyl groups is 4. The van der Waals surface area contributed by atoms with Crippen molar-refractivity contribution in [3.8, 4) is 0 Å². The second kappa shape index (κ2) is 7.52. The lowest BCUT2D eigenvalue weighted by Crippen LogP contribution is -2.64. The molecule has 0 radical (unpaired) electrons. The molecule has 5 N–H and O–H groups in total. The molecule has 0 aromatic heterocycles. The second-order valence-corrected chi connectivity index (χ2v) is 4.96. The topological polar surface area (TPSA) is 128 Å². The van der Waals surface area contributed by atoms with E-state index in [0.29, 0.717) is 0 Å². The van der Waals surface area contributed by atoms with Crippen molar-refractivity contribution in [2.24, 2.45) is 0 Å². The molecule has 22 heavy (non-hydrogen) atoms. The monoisotopic (exact) mass is 313 g/mol. The van der Waals surface area contributed by atoms with E-state index in [4.69, 9.17) is 14.6 Å². The maximum absolute atomic E-state index is 11.7. The van der Waals surface area contributed by atoms with Crippen LogP contribution in [0.1, 0.15) is 5.56 Å². The minimum atomic E-state index is -1.57. The van der Waals surface area contributed by atoms with E-state index in [1.54, 1.807) is 24.3 Å². The molecule has 8 nitrogen and oxygen atoms in total. The zero-order valence-corrected chi connectivity index (χ0v) is 11.7. The maximum atomic E-state index is 11.7. The standard InChI is InChI=1S/C14H19NO7/c16-6-9-11(17)12(18)10(13(19)22-9)15-14(20)21-7-8-4-2-1-3-5-8/h1-5,9-13,16-19H,6-7H2,(H,15,20)/t9-,10+,11-,12-,13?/m1/s1. The third-order valence-electron chi connectivity index (χ3n) is 3.40. The number of carbonyl (C=O) groups is 1. The fraction of sp³-hybridized carbons (Fsp3) is 0.500. The highest BCUT2D eigenvalue weighted by molar-refractivity contribution is 5.67. The molecule has 122 valence electrons. The number of carbonyl (C=O) groups excluding carboxylic acids is 1. The smallest absolute Gasteiger partial charge is 0.407 e. The largest absolute Gasteiger partial charge is 0.445 e. The SMILES string of the molecule is O=C(N[C@@H]1C(O)O[C@H](CO)[C@@H](O)[C@@H]1O)OCc1ccccc1. The first-order valence-corrected chi connectivity index (χ1v) is 6.80. The third kappa shape index (κ3) is 3.93. The summed E-state index contributed by atoms with van der Waals surface area (Å²) in [7, 11) is 0. The third-order valence-corrected chi connectivity index (χ3v) is 3.40. The van der Waals surface area contributed by atoms with Gasteiger partial charge in [0.15, 0.2) is 6.29 Å². The van der Waals surface area contributed by atoms with E-state index in [0.717, 1.165) is 5.56 Å². The molecule has 2 rings (SSSR count). The molecular weight excluding hydrogens is 294 g/mol. The number of rotatable bonds is 4. The molecule has 0 bridgehead atoms. The van der Waals surface area contributed by atoms with Crippen LogP contribution in [-0.2, 0) is 16.1 Å². The average molecular weight is 313 g/mol. The van der Waals surface area contributed by atoms with Crippen LogP contribution in [0.15, 0.2) is 30.3 Å². The highest BCUT2D eigenvalue weighted by Crippen LogP contribution is 2.19. The van der Waals surface area contributed by atoms with E-state index in [-0.39, 0.29) is 6.61 Å². The van der Waals surface area contributed by atoms with Gasteiger partial charge in [-0.05, 0) is 5.56 Å². The molecule has 0 spiro atoms. The Morgan fingerprint density at radius 1 is 1.18 bits per heavy atom. The van der Waals surface area contributed by atoms with Gasteiger partial charge in [0.2, 0.25) is 0 Å². The molecule has 1 amide bonds. The summed E-state index contributed by atoms with van der Waals surface area (Å²) in [6, 6.07) is 7.71. The van der Waals surface area contributed by atoms with Crippen molar-refractivity contribution >= 4 is 6.09 Å². The number of hydrogen-bond donors (Lipinski definition) is 5. The first-order valence-electron chi connectivity index (χ1n) is 6.80. The minimum Gasteiger partial charge on any atom is -0.445 e. The predicted octanol–water partition coefficient (Wildman–Crippen LogP) is -1.29. The van der Waals surface area contributed by atoms with Crippen LogP contribution in [0.4, 0.5) is 4.79 Å².